The molecule has 2 aromatic heterocycles. The summed E-state index contributed by atoms with van der Waals surface area (Å²) in [6.45, 7) is 6.02. The van der Waals surface area contributed by atoms with Crippen LogP contribution in [0.5, 0.6) is 5.75 Å². The number of benzene rings is 1. The first kappa shape index (κ1) is 25.5. The summed E-state index contributed by atoms with van der Waals surface area (Å²) in [6.07, 6.45) is -0.667. The summed E-state index contributed by atoms with van der Waals surface area (Å²) < 4.78 is 41.9. The molecular formula is C25H22F3N5O4S. The molecule has 0 aliphatic carbocycles. The molecule has 13 heteroatoms. The van der Waals surface area contributed by atoms with Gasteiger partial charge in [-0.05, 0) is 55.7 Å². The van der Waals surface area contributed by atoms with Crippen molar-refractivity contribution in [3.63, 3.8) is 0 Å². The average molecular weight is 546 g/mol. The SMILES string of the molecule is C=CC(=O)N1CCCC(NC(=O)c2sc3nccc4c3c2NC(=O)N4c2ccc(OC(F)(F)F)cc2C)C1. The highest BCUT2D eigenvalue weighted by Crippen LogP contribution is 2.46. The fraction of sp³-hybridized carbons (Fsp3) is 0.280. The van der Waals surface area contributed by atoms with E-state index in [4.69, 9.17) is 0 Å². The Labute approximate surface area is 218 Å². The van der Waals surface area contributed by atoms with Crippen LogP contribution in [0.4, 0.5) is 35.0 Å². The maximum atomic E-state index is 13.3. The van der Waals surface area contributed by atoms with Crippen LogP contribution in [0, 0.1) is 6.92 Å². The van der Waals surface area contributed by atoms with Gasteiger partial charge in [0.2, 0.25) is 5.91 Å². The number of amides is 4. The Hall–Kier alpha value is -4.13. The van der Waals surface area contributed by atoms with Crippen molar-refractivity contribution in [2.75, 3.05) is 23.3 Å². The predicted molar refractivity (Wildman–Crippen MR) is 136 cm³/mol. The third-order valence-electron chi connectivity index (χ3n) is 6.34. The lowest BCUT2D eigenvalue weighted by Crippen LogP contribution is -2.49. The zero-order valence-electron chi connectivity index (χ0n) is 20.1. The molecule has 0 radical (unpaired) electrons. The average Bonchev–Trinajstić information content (AvgIpc) is 3.23. The number of aryl methyl sites for hydroxylation is 1. The molecule has 198 valence electrons. The van der Waals surface area contributed by atoms with Gasteiger partial charge in [0.15, 0.2) is 0 Å². The molecule has 1 aromatic carbocycles. The summed E-state index contributed by atoms with van der Waals surface area (Å²) in [7, 11) is 0. The summed E-state index contributed by atoms with van der Waals surface area (Å²) in [5.41, 5.74) is 1.48. The number of urea groups is 1. The lowest BCUT2D eigenvalue weighted by atomic mass is 10.1. The Morgan fingerprint density at radius 3 is 2.79 bits per heavy atom. The third-order valence-corrected chi connectivity index (χ3v) is 7.43. The van der Waals surface area contributed by atoms with E-state index in [2.05, 4.69) is 26.9 Å². The fourth-order valence-electron chi connectivity index (χ4n) is 4.73. The van der Waals surface area contributed by atoms with Crippen molar-refractivity contribution < 1.29 is 32.3 Å². The number of aromatic nitrogens is 1. The van der Waals surface area contributed by atoms with Crippen LogP contribution >= 0.6 is 11.3 Å². The monoisotopic (exact) mass is 545 g/mol. The lowest BCUT2D eigenvalue weighted by molar-refractivity contribution is -0.274. The number of pyridine rings is 1. The van der Waals surface area contributed by atoms with Gasteiger partial charge >= 0.3 is 12.4 Å². The maximum absolute atomic E-state index is 13.3. The standard InChI is InChI=1S/C25H22F3N5O4S/c1-3-18(34)32-10-4-5-14(12-32)30-22(35)21-20-19-17(8-9-29-23(19)38-21)33(24(36)31-20)16-7-6-15(11-13(16)2)37-25(26,27)28/h3,6-9,11,14H,1,4-5,10,12H2,2H3,(H,30,35)(H,31,36). The maximum Gasteiger partial charge on any atom is 0.573 e. The molecule has 9 nitrogen and oxygen atoms in total. The molecule has 0 bridgehead atoms. The topological polar surface area (TPSA) is 104 Å². The highest BCUT2D eigenvalue weighted by atomic mass is 32.1. The van der Waals surface area contributed by atoms with E-state index in [1.165, 1.54) is 29.3 Å². The van der Waals surface area contributed by atoms with Gasteiger partial charge in [-0.3, -0.25) is 14.5 Å². The summed E-state index contributed by atoms with van der Waals surface area (Å²) in [5.74, 6) is -0.997. The third kappa shape index (κ3) is 4.76. The molecule has 5 rings (SSSR count). The summed E-state index contributed by atoms with van der Waals surface area (Å²) in [5, 5.41) is 6.27. The van der Waals surface area contributed by atoms with E-state index in [0.717, 1.165) is 23.8 Å². The summed E-state index contributed by atoms with van der Waals surface area (Å²) in [4.78, 5) is 46.7. The number of nitrogens with one attached hydrogen (secondary N) is 2. The number of thiophene rings is 1. The van der Waals surface area contributed by atoms with Crippen LogP contribution in [0.2, 0.25) is 0 Å². The normalized spacial score (nSPS) is 17.3. The smallest absolute Gasteiger partial charge is 0.406 e. The number of carbonyl (C=O) groups is 3. The second-order valence-electron chi connectivity index (χ2n) is 8.88. The van der Waals surface area contributed by atoms with E-state index >= 15 is 0 Å². The quantitative estimate of drug-likeness (QED) is 0.435. The van der Waals surface area contributed by atoms with Gasteiger partial charge in [-0.25, -0.2) is 9.78 Å². The van der Waals surface area contributed by atoms with Gasteiger partial charge in [0.1, 0.15) is 15.5 Å². The van der Waals surface area contributed by atoms with Crippen LogP contribution in [0.3, 0.4) is 0 Å². The Kier molecular flexibility index (Phi) is 6.47. The van der Waals surface area contributed by atoms with E-state index in [0.29, 0.717) is 52.4 Å². The molecule has 2 aliphatic heterocycles. The molecule has 0 saturated carbocycles. The van der Waals surface area contributed by atoms with Crippen molar-refractivity contribution in [2.45, 2.75) is 32.2 Å². The van der Waals surface area contributed by atoms with E-state index in [1.54, 1.807) is 17.9 Å². The van der Waals surface area contributed by atoms with Gasteiger partial charge in [0, 0.05) is 25.3 Å². The number of rotatable bonds is 5. The van der Waals surface area contributed by atoms with Crippen molar-refractivity contribution in [3.05, 3.63) is 53.6 Å². The van der Waals surface area contributed by atoms with Crippen molar-refractivity contribution in [2.24, 2.45) is 0 Å². The number of likely N-dealkylation sites (tertiary alicyclic amines) is 1. The van der Waals surface area contributed by atoms with E-state index < -0.39 is 24.1 Å². The second-order valence-corrected chi connectivity index (χ2v) is 9.88. The number of piperidine rings is 1. The van der Waals surface area contributed by atoms with Gasteiger partial charge in [-0.1, -0.05) is 6.58 Å². The summed E-state index contributed by atoms with van der Waals surface area (Å²) >= 11 is 1.12. The second kappa shape index (κ2) is 9.63. The Morgan fingerprint density at radius 1 is 1.29 bits per heavy atom. The van der Waals surface area contributed by atoms with Crippen molar-refractivity contribution in [1.29, 1.82) is 0 Å². The number of anilines is 3. The lowest BCUT2D eigenvalue weighted by Gasteiger charge is -2.32. The van der Waals surface area contributed by atoms with Crippen LogP contribution in [0.15, 0.2) is 43.1 Å². The first-order chi connectivity index (χ1) is 18.1. The van der Waals surface area contributed by atoms with Gasteiger partial charge in [-0.2, -0.15) is 0 Å². The molecule has 2 N–H and O–H groups in total. The minimum Gasteiger partial charge on any atom is -0.406 e. The number of hydrogen-bond donors (Lipinski definition) is 2. The van der Waals surface area contributed by atoms with Gasteiger partial charge in [0.05, 0.1) is 22.4 Å². The number of carbonyl (C=O) groups excluding carboxylic acids is 3. The zero-order valence-corrected chi connectivity index (χ0v) is 20.9. The molecule has 38 heavy (non-hydrogen) atoms. The predicted octanol–water partition coefficient (Wildman–Crippen LogP) is 5.09. The van der Waals surface area contributed by atoms with Crippen molar-refractivity contribution in [1.82, 2.24) is 15.2 Å². The molecule has 1 atom stereocenters. The van der Waals surface area contributed by atoms with E-state index in [-0.39, 0.29) is 16.8 Å². The molecule has 4 heterocycles. The van der Waals surface area contributed by atoms with Gasteiger partial charge in [0.25, 0.3) is 5.91 Å². The molecule has 1 unspecified atom stereocenters. The Morgan fingerprint density at radius 2 is 2.08 bits per heavy atom. The van der Waals surface area contributed by atoms with Crippen molar-refractivity contribution >= 4 is 56.5 Å². The van der Waals surface area contributed by atoms with Crippen LogP contribution in [0.25, 0.3) is 10.2 Å². The fourth-order valence-corrected chi connectivity index (χ4v) is 5.76. The van der Waals surface area contributed by atoms with Gasteiger partial charge < -0.3 is 20.3 Å². The minimum absolute atomic E-state index is 0.199. The highest BCUT2D eigenvalue weighted by molar-refractivity contribution is 7.21. The van der Waals surface area contributed by atoms with Crippen molar-refractivity contribution in [3.8, 4) is 5.75 Å². The Balaban J connectivity index is 1.46. The molecule has 1 saturated heterocycles. The minimum atomic E-state index is -4.84. The number of nitrogens with zero attached hydrogens (tertiary/aromatic N) is 3. The first-order valence-corrected chi connectivity index (χ1v) is 12.5. The molecular weight excluding hydrogens is 523 g/mol. The molecule has 0 spiro atoms. The van der Waals surface area contributed by atoms with E-state index in [1.807, 2.05) is 0 Å². The summed E-state index contributed by atoms with van der Waals surface area (Å²) in [6, 6.07) is 4.46. The first-order valence-electron chi connectivity index (χ1n) is 11.7. The molecule has 4 amide bonds. The van der Waals surface area contributed by atoms with E-state index in [9.17, 15) is 27.6 Å². The van der Waals surface area contributed by atoms with Crippen LogP contribution in [-0.2, 0) is 4.79 Å². The molecule has 3 aromatic rings. The molecule has 2 aliphatic rings. The zero-order chi connectivity index (χ0) is 27.2. The Bertz CT molecular complexity index is 1470. The molecule has 1 fully saturated rings. The van der Waals surface area contributed by atoms with Crippen LogP contribution in [0.1, 0.15) is 28.1 Å². The van der Waals surface area contributed by atoms with Crippen LogP contribution < -0.4 is 20.3 Å². The number of ether oxygens (including phenoxy) is 1. The number of alkyl halides is 3. The van der Waals surface area contributed by atoms with Crippen LogP contribution in [-0.4, -0.2) is 53.2 Å². The number of hydrogen-bond acceptors (Lipinski definition) is 6. The number of halogens is 3. The largest absolute Gasteiger partial charge is 0.573 e. The van der Waals surface area contributed by atoms with Gasteiger partial charge in [-0.15, -0.1) is 24.5 Å². The highest BCUT2D eigenvalue weighted by Gasteiger charge is 2.35.